The lowest BCUT2D eigenvalue weighted by Crippen LogP contribution is -2.51. The molecule has 2 rings (SSSR count). The van der Waals surface area contributed by atoms with Crippen molar-refractivity contribution in [1.82, 2.24) is 9.80 Å². The number of piperazine rings is 1. The van der Waals surface area contributed by atoms with E-state index in [9.17, 15) is 9.59 Å². The molecule has 5 heteroatoms. The number of carbonyl (C=O) groups excluding carboxylic acids is 2. The predicted octanol–water partition coefficient (Wildman–Crippen LogP) is 2.54. The highest BCUT2D eigenvalue weighted by atomic mass is 16.6. The summed E-state index contributed by atoms with van der Waals surface area (Å²) in [7, 11) is 0. The first-order chi connectivity index (χ1) is 10.4. The highest BCUT2D eigenvalue weighted by Crippen LogP contribution is 2.28. The van der Waals surface area contributed by atoms with Gasteiger partial charge in [-0.1, -0.05) is 0 Å². The van der Waals surface area contributed by atoms with Gasteiger partial charge in [0.1, 0.15) is 11.9 Å². The van der Waals surface area contributed by atoms with Gasteiger partial charge in [0.05, 0.1) is 0 Å². The normalized spacial score (nSPS) is 27.5. The van der Waals surface area contributed by atoms with Crippen LogP contribution >= 0.6 is 0 Å². The molecule has 1 amide bonds. The van der Waals surface area contributed by atoms with Crippen LogP contribution in [0.4, 0.5) is 4.79 Å². The predicted molar refractivity (Wildman–Crippen MR) is 85.8 cm³/mol. The summed E-state index contributed by atoms with van der Waals surface area (Å²) in [5, 5.41) is 0. The van der Waals surface area contributed by atoms with Crippen molar-refractivity contribution in [3.05, 3.63) is 0 Å². The maximum atomic E-state index is 12.0. The number of hydrogen-bond acceptors (Lipinski definition) is 4. The zero-order chi connectivity index (χ0) is 16.2. The zero-order valence-corrected chi connectivity index (χ0v) is 14.2. The van der Waals surface area contributed by atoms with Crippen molar-refractivity contribution in [2.45, 2.75) is 52.1 Å². The number of nitrogens with zero attached hydrogens (tertiary/aromatic N) is 2. The van der Waals surface area contributed by atoms with Crippen molar-refractivity contribution in [1.29, 1.82) is 0 Å². The SMILES string of the molecule is CC(C)(C)OC(=O)N1CCN(CC2CCC(C=O)CC2)CC1. The molecule has 0 bridgehead atoms. The van der Waals surface area contributed by atoms with E-state index in [0.29, 0.717) is 11.8 Å². The zero-order valence-electron chi connectivity index (χ0n) is 14.2. The minimum absolute atomic E-state index is 0.196. The molecule has 2 aliphatic rings. The Balaban J connectivity index is 1.69. The molecular formula is C17H30N2O3. The second-order valence-electron chi connectivity index (χ2n) is 7.68. The molecule has 1 saturated carbocycles. The molecule has 0 radical (unpaired) electrons. The molecular weight excluding hydrogens is 280 g/mol. The van der Waals surface area contributed by atoms with Gasteiger partial charge in [-0.15, -0.1) is 0 Å². The number of carbonyl (C=O) groups is 2. The first-order valence-electron chi connectivity index (χ1n) is 8.53. The van der Waals surface area contributed by atoms with Gasteiger partial charge in [0, 0.05) is 38.6 Å². The van der Waals surface area contributed by atoms with Crippen LogP contribution in [-0.4, -0.2) is 60.5 Å². The molecule has 1 aliphatic heterocycles. The molecule has 5 nitrogen and oxygen atoms in total. The number of rotatable bonds is 3. The van der Waals surface area contributed by atoms with Gasteiger partial charge in [0.2, 0.25) is 0 Å². The fraction of sp³-hybridized carbons (Fsp3) is 0.882. The molecule has 0 unspecified atom stereocenters. The Bertz CT molecular complexity index is 376. The summed E-state index contributed by atoms with van der Waals surface area (Å²) < 4.78 is 5.42. The van der Waals surface area contributed by atoms with E-state index >= 15 is 0 Å². The quantitative estimate of drug-likeness (QED) is 0.752. The van der Waals surface area contributed by atoms with Crippen LogP contribution in [0.5, 0.6) is 0 Å². The summed E-state index contributed by atoms with van der Waals surface area (Å²) in [6, 6.07) is 0. The van der Waals surface area contributed by atoms with Crippen molar-refractivity contribution in [3.63, 3.8) is 0 Å². The molecule has 1 aliphatic carbocycles. The van der Waals surface area contributed by atoms with Crippen molar-refractivity contribution in [2.24, 2.45) is 11.8 Å². The fourth-order valence-electron chi connectivity index (χ4n) is 3.31. The van der Waals surface area contributed by atoms with Gasteiger partial charge in [-0.2, -0.15) is 0 Å². The summed E-state index contributed by atoms with van der Waals surface area (Å²) in [6.07, 6.45) is 5.35. The summed E-state index contributed by atoms with van der Waals surface area (Å²) >= 11 is 0. The largest absolute Gasteiger partial charge is 0.444 e. The summed E-state index contributed by atoms with van der Waals surface area (Å²) in [5.74, 6) is 1.00. The number of ether oxygens (including phenoxy) is 1. The first kappa shape index (κ1) is 17.3. The van der Waals surface area contributed by atoms with E-state index in [0.717, 1.165) is 64.7 Å². The molecule has 0 aromatic heterocycles. The lowest BCUT2D eigenvalue weighted by atomic mass is 9.82. The van der Waals surface area contributed by atoms with Crippen LogP contribution in [-0.2, 0) is 9.53 Å². The Kier molecular flexibility index (Phi) is 5.84. The van der Waals surface area contributed by atoms with Crippen LogP contribution in [0, 0.1) is 11.8 Å². The van der Waals surface area contributed by atoms with Gasteiger partial charge in [-0.3, -0.25) is 4.90 Å². The van der Waals surface area contributed by atoms with Gasteiger partial charge in [0.25, 0.3) is 0 Å². The fourth-order valence-corrected chi connectivity index (χ4v) is 3.31. The second kappa shape index (κ2) is 7.44. The van der Waals surface area contributed by atoms with Crippen LogP contribution in [0.2, 0.25) is 0 Å². The van der Waals surface area contributed by atoms with E-state index in [1.165, 1.54) is 0 Å². The standard InChI is InChI=1S/C17H30N2O3/c1-17(2,3)22-16(21)19-10-8-18(9-11-19)12-14-4-6-15(13-20)7-5-14/h13-15H,4-12H2,1-3H3. The molecule has 0 aromatic rings. The first-order valence-corrected chi connectivity index (χ1v) is 8.53. The molecule has 1 saturated heterocycles. The molecule has 1 heterocycles. The summed E-state index contributed by atoms with van der Waals surface area (Å²) in [4.78, 5) is 27.1. The average molecular weight is 310 g/mol. The third kappa shape index (κ3) is 5.27. The van der Waals surface area contributed by atoms with Crippen LogP contribution in [0.3, 0.4) is 0 Å². The van der Waals surface area contributed by atoms with E-state index in [1.54, 1.807) is 0 Å². The molecule has 126 valence electrons. The maximum absolute atomic E-state index is 12.0. The van der Waals surface area contributed by atoms with Gasteiger partial charge in [-0.05, 0) is 52.4 Å². The molecule has 0 atom stereocenters. The van der Waals surface area contributed by atoms with Crippen LogP contribution < -0.4 is 0 Å². The second-order valence-corrected chi connectivity index (χ2v) is 7.68. The van der Waals surface area contributed by atoms with Crippen molar-refractivity contribution >= 4 is 12.4 Å². The molecule has 2 fully saturated rings. The van der Waals surface area contributed by atoms with Crippen LogP contribution in [0.1, 0.15) is 46.5 Å². The molecule has 0 N–H and O–H groups in total. The molecule has 0 spiro atoms. The van der Waals surface area contributed by atoms with Crippen LogP contribution in [0.25, 0.3) is 0 Å². The Morgan fingerprint density at radius 3 is 2.18 bits per heavy atom. The lowest BCUT2D eigenvalue weighted by molar-refractivity contribution is -0.112. The Labute approximate surface area is 134 Å². The van der Waals surface area contributed by atoms with Gasteiger partial charge >= 0.3 is 6.09 Å². The van der Waals surface area contributed by atoms with Gasteiger partial charge in [-0.25, -0.2) is 4.79 Å². The van der Waals surface area contributed by atoms with E-state index < -0.39 is 5.60 Å². The smallest absolute Gasteiger partial charge is 0.410 e. The van der Waals surface area contributed by atoms with Gasteiger partial charge < -0.3 is 14.4 Å². The third-order valence-electron chi connectivity index (χ3n) is 4.62. The van der Waals surface area contributed by atoms with Crippen molar-refractivity contribution in [2.75, 3.05) is 32.7 Å². The Morgan fingerprint density at radius 2 is 1.68 bits per heavy atom. The lowest BCUT2D eigenvalue weighted by Gasteiger charge is -2.38. The minimum atomic E-state index is -0.425. The monoisotopic (exact) mass is 310 g/mol. The number of amides is 1. The van der Waals surface area contributed by atoms with Crippen LogP contribution in [0.15, 0.2) is 0 Å². The highest BCUT2D eigenvalue weighted by Gasteiger charge is 2.28. The van der Waals surface area contributed by atoms with E-state index in [4.69, 9.17) is 4.74 Å². The Hall–Kier alpha value is -1.10. The highest BCUT2D eigenvalue weighted by molar-refractivity contribution is 5.68. The minimum Gasteiger partial charge on any atom is -0.444 e. The third-order valence-corrected chi connectivity index (χ3v) is 4.62. The maximum Gasteiger partial charge on any atom is 0.410 e. The summed E-state index contributed by atoms with van der Waals surface area (Å²) in [6.45, 7) is 10.1. The van der Waals surface area contributed by atoms with Crippen molar-refractivity contribution in [3.8, 4) is 0 Å². The topological polar surface area (TPSA) is 49.9 Å². The number of hydrogen-bond donors (Lipinski definition) is 0. The molecule has 0 aromatic carbocycles. The molecule has 22 heavy (non-hydrogen) atoms. The number of aldehydes is 1. The van der Waals surface area contributed by atoms with Gasteiger partial charge in [0.15, 0.2) is 0 Å². The average Bonchev–Trinajstić information content (AvgIpc) is 2.47. The summed E-state index contributed by atoms with van der Waals surface area (Å²) in [5.41, 5.74) is -0.425. The van der Waals surface area contributed by atoms with E-state index in [-0.39, 0.29) is 6.09 Å². The Morgan fingerprint density at radius 1 is 1.09 bits per heavy atom. The van der Waals surface area contributed by atoms with E-state index in [2.05, 4.69) is 4.90 Å². The van der Waals surface area contributed by atoms with Crippen molar-refractivity contribution < 1.29 is 14.3 Å². The van der Waals surface area contributed by atoms with E-state index in [1.807, 2.05) is 25.7 Å².